The summed E-state index contributed by atoms with van der Waals surface area (Å²) in [7, 11) is -2.12. The van der Waals surface area contributed by atoms with Gasteiger partial charge in [0.25, 0.3) is 10.2 Å². The molecule has 1 rings (SSSR count). The highest BCUT2D eigenvalue weighted by atomic mass is 32.2. The van der Waals surface area contributed by atoms with Crippen LogP contribution in [-0.4, -0.2) is 54.3 Å². The largest absolute Gasteiger partial charge is 0.480 e. The first-order valence-electron chi connectivity index (χ1n) is 6.87. The van der Waals surface area contributed by atoms with Gasteiger partial charge in [-0.1, -0.05) is 19.8 Å². The third kappa shape index (κ3) is 4.15. The van der Waals surface area contributed by atoms with Crippen LogP contribution in [0.5, 0.6) is 0 Å². The summed E-state index contributed by atoms with van der Waals surface area (Å²) in [6, 6.07) is -0.910. The Morgan fingerprint density at radius 2 is 2.05 bits per heavy atom. The smallest absolute Gasteiger partial charge is 0.322 e. The first kappa shape index (κ1) is 16.4. The minimum atomic E-state index is -3.65. The summed E-state index contributed by atoms with van der Waals surface area (Å²) in [5.41, 5.74) is 0. The zero-order valence-corrected chi connectivity index (χ0v) is 12.5. The van der Waals surface area contributed by atoms with Crippen molar-refractivity contribution in [1.82, 2.24) is 8.61 Å². The van der Waals surface area contributed by atoms with Crippen molar-refractivity contribution in [2.24, 2.45) is 0 Å². The lowest BCUT2D eigenvalue weighted by Gasteiger charge is -2.34. The van der Waals surface area contributed by atoms with Crippen LogP contribution in [-0.2, 0) is 15.0 Å². The van der Waals surface area contributed by atoms with E-state index in [4.69, 9.17) is 5.11 Å². The number of hydrogen-bond acceptors (Lipinski definition) is 3. The topological polar surface area (TPSA) is 77.9 Å². The molecule has 0 radical (unpaired) electrons. The molecule has 0 spiro atoms. The Hall–Kier alpha value is -0.660. The molecule has 0 saturated carbocycles. The van der Waals surface area contributed by atoms with Crippen molar-refractivity contribution in [3.05, 3.63) is 0 Å². The summed E-state index contributed by atoms with van der Waals surface area (Å²) in [4.78, 5) is 11.2. The molecule has 19 heavy (non-hydrogen) atoms. The number of carbonyl (C=O) groups is 1. The van der Waals surface area contributed by atoms with Gasteiger partial charge >= 0.3 is 5.97 Å². The number of unbranched alkanes of at least 4 members (excludes halogenated alkanes) is 2. The second-order valence-corrected chi connectivity index (χ2v) is 6.98. The predicted octanol–water partition coefficient (Wildman–Crippen LogP) is 1.29. The van der Waals surface area contributed by atoms with E-state index in [-0.39, 0.29) is 0 Å². The summed E-state index contributed by atoms with van der Waals surface area (Å²) >= 11 is 0. The Morgan fingerprint density at radius 3 is 2.63 bits per heavy atom. The van der Waals surface area contributed by atoms with Gasteiger partial charge in [0.1, 0.15) is 6.04 Å². The molecule has 0 bridgehead atoms. The van der Waals surface area contributed by atoms with Crippen molar-refractivity contribution in [2.75, 3.05) is 20.1 Å². The quantitative estimate of drug-likeness (QED) is 0.717. The van der Waals surface area contributed by atoms with E-state index in [1.165, 1.54) is 11.4 Å². The average molecular weight is 292 g/mol. The molecule has 1 aliphatic heterocycles. The first-order valence-corrected chi connectivity index (χ1v) is 8.27. The SMILES string of the molecule is CCCCCN(C)S(=O)(=O)N1CCCCC1C(=O)O. The molecular formula is C12H24N2O4S. The van der Waals surface area contributed by atoms with Gasteiger partial charge in [-0.05, 0) is 25.7 Å². The monoisotopic (exact) mass is 292 g/mol. The van der Waals surface area contributed by atoms with Crippen molar-refractivity contribution in [3.63, 3.8) is 0 Å². The molecule has 0 aliphatic carbocycles. The van der Waals surface area contributed by atoms with Gasteiger partial charge in [0.2, 0.25) is 0 Å². The minimum absolute atomic E-state index is 0.303. The van der Waals surface area contributed by atoms with Crippen molar-refractivity contribution < 1.29 is 18.3 Å². The van der Waals surface area contributed by atoms with Gasteiger partial charge in [0.15, 0.2) is 0 Å². The molecule has 6 nitrogen and oxygen atoms in total. The molecule has 1 N–H and O–H groups in total. The summed E-state index contributed by atoms with van der Waals surface area (Å²) in [5, 5.41) is 9.14. The maximum absolute atomic E-state index is 12.4. The number of carboxylic acids is 1. The van der Waals surface area contributed by atoms with E-state index in [2.05, 4.69) is 6.92 Å². The molecule has 1 aliphatic rings. The molecule has 1 fully saturated rings. The zero-order valence-electron chi connectivity index (χ0n) is 11.7. The van der Waals surface area contributed by atoms with E-state index in [1.54, 1.807) is 0 Å². The minimum Gasteiger partial charge on any atom is -0.480 e. The van der Waals surface area contributed by atoms with E-state index < -0.39 is 22.2 Å². The van der Waals surface area contributed by atoms with Crippen LogP contribution < -0.4 is 0 Å². The molecule has 1 saturated heterocycles. The Bertz CT molecular complexity index is 397. The maximum Gasteiger partial charge on any atom is 0.322 e. The Labute approximate surface area is 115 Å². The standard InChI is InChI=1S/C12H24N2O4S/c1-3-4-6-9-13(2)19(17,18)14-10-7-5-8-11(14)12(15)16/h11H,3-10H2,1-2H3,(H,15,16). The van der Waals surface area contributed by atoms with Crippen LogP contribution in [0.2, 0.25) is 0 Å². The van der Waals surface area contributed by atoms with Crippen LogP contribution in [0.25, 0.3) is 0 Å². The number of hydrogen-bond donors (Lipinski definition) is 1. The van der Waals surface area contributed by atoms with Crippen LogP contribution in [0, 0.1) is 0 Å². The molecule has 0 aromatic heterocycles. The van der Waals surface area contributed by atoms with Crippen molar-refractivity contribution >= 4 is 16.2 Å². The molecule has 112 valence electrons. The predicted molar refractivity (Wildman–Crippen MR) is 73.1 cm³/mol. The van der Waals surface area contributed by atoms with Crippen LogP contribution in [0.15, 0.2) is 0 Å². The summed E-state index contributed by atoms with van der Waals surface area (Å²) in [5.74, 6) is -1.05. The van der Waals surface area contributed by atoms with Gasteiger partial charge in [-0.3, -0.25) is 4.79 Å². The van der Waals surface area contributed by atoms with Crippen molar-refractivity contribution in [2.45, 2.75) is 51.5 Å². The van der Waals surface area contributed by atoms with E-state index in [0.717, 1.165) is 36.4 Å². The number of aliphatic carboxylic acids is 1. The molecule has 0 amide bonds. The average Bonchev–Trinajstić information content (AvgIpc) is 2.38. The van der Waals surface area contributed by atoms with Crippen LogP contribution in [0.3, 0.4) is 0 Å². The second-order valence-electron chi connectivity index (χ2n) is 5.00. The number of nitrogens with zero attached hydrogens (tertiary/aromatic N) is 2. The van der Waals surface area contributed by atoms with Crippen molar-refractivity contribution in [3.8, 4) is 0 Å². The van der Waals surface area contributed by atoms with Gasteiger partial charge in [0.05, 0.1) is 0 Å². The van der Waals surface area contributed by atoms with Crippen LogP contribution >= 0.6 is 0 Å². The fourth-order valence-electron chi connectivity index (χ4n) is 2.31. The highest BCUT2D eigenvalue weighted by molar-refractivity contribution is 7.86. The highest BCUT2D eigenvalue weighted by Crippen LogP contribution is 2.22. The molecule has 7 heteroatoms. The van der Waals surface area contributed by atoms with E-state index in [1.807, 2.05) is 0 Å². The Kier molecular flexibility index (Phi) is 6.22. The lowest BCUT2D eigenvalue weighted by molar-refractivity contribution is -0.142. The molecule has 0 aromatic rings. The fraction of sp³-hybridized carbons (Fsp3) is 0.917. The Balaban J connectivity index is 2.75. The van der Waals surface area contributed by atoms with Gasteiger partial charge in [-0.2, -0.15) is 17.0 Å². The number of piperidine rings is 1. The van der Waals surface area contributed by atoms with Gasteiger partial charge in [0, 0.05) is 20.1 Å². The molecule has 1 atom stereocenters. The Morgan fingerprint density at radius 1 is 1.37 bits per heavy atom. The summed E-state index contributed by atoms with van der Waals surface area (Å²) < 4.78 is 27.2. The highest BCUT2D eigenvalue weighted by Gasteiger charge is 2.38. The molecule has 1 unspecified atom stereocenters. The maximum atomic E-state index is 12.4. The van der Waals surface area contributed by atoms with E-state index in [0.29, 0.717) is 19.5 Å². The third-order valence-electron chi connectivity index (χ3n) is 3.51. The van der Waals surface area contributed by atoms with E-state index >= 15 is 0 Å². The van der Waals surface area contributed by atoms with Gasteiger partial charge in [-0.15, -0.1) is 0 Å². The molecule has 0 aromatic carbocycles. The van der Waals surface area contributed by atoms with Crippen LogP contribution in [0.1, 0.15) is 45.4 Å². The molecular weight excluding hydrogens is 268 g/mol. The normalized spacial score (nSPS) is 21.7. The number of rotatable bonds is 7. The lowest BCUT2D eigenvalue weighted by Crippen LogP contribution is -2.52. The fourth-order valence-corrected chi connectivity index (χ4v) is 3.90. The van der Waals surface area contributed by atoms with E-state index in [9.17, 15) is 13.2 Å². The van der Waals surface area contributed by atoms with Crippen LogP contribution in [0.4, 0.5) is 0 Å². The lowest BCUT2D eigenvalue weighted by atomic mass is 10.1. The number of carboxylic acid groups (broad SMARTS) is 1. The summed E-state index contributed by atoms with van der Waals surface area (Å²) in [6.07, 6.45) is 4.70. The third-order valence-corrected chi connectivity index (χ3v) is 5.51. The first-order chi connectivity index (χ1) is 8.91. The van der Waals surface area contributed by atoms with Gasteiger partial charge < -0.3 is 5.11 Å². The summed E-state index contributed by atoms with van der Waals surface area (Å²) in [6.45, 7) is 2.80. The van der Waals surface area contributed by atoms with Gasteiger partial charge in [-0.25, -0.2) is 0 Å². The zero-order chi connectivity index (χ0) is 14.5. The molecule has 1 heterocycles. The second kappa shape index (κ2) is 7.21. The van der Waals surface area contributed by atoms with Crippen molar-refractivity contribution in [1.29, 1.82) is 0 Å².